The van der Waals surface area contributed by atoms with Gasteiger partial charge >= 0.3 is 0 Å². The van der Waals surface area contributed by atoms with Gasteiger partial charge in [0, 0.05) is 6.61 Å². The number of halogens is 2. The van der Waals surface area contributed by atoms with Crippen molar-refractivity contribution in [1.82, 2.24) is 0 Å². The van der Waals surface area contributed by atoms with Gasteiger partial charge in [-0.3, -0.25) is 0 Å². The van der Waals surface area contributed by atoms with Crippen LogP contribution in [0.2, 0.25) is 0 Å². The highest BCUT2D eigenvalue weighted by molar-refractivity contribution is 9.10. The van der Waals surface area contributed by atoms with E-state index in [0.29, 0.717) is 16.5 Å². The van der Waals surface area contributed by atoms with Gasteiger partial charge in [-0.15, -0.1) is 0 Å². The second-order valence-corrected chi connectivity index (χ2v) is 4.90. The van der Waals surface area contributed by atoms with E-state index in [1.807, 2.05) is 6.07 Å². The zero-order valence-electron chi connectivity index (χ0n) is 7.76. The van der Waals surface area contributed by atoms with Crippen LogP contribution in [0.3, 0.4) is 0 Å². The topological polar surface area (TPSA) is 20.2 Å². The first-order chi connectivity index (χ1) is 6.67. The largest absolute Gasteiger partial charge is 0.396 e. The molecule has 0 bridgehead atoms. The van der Waals surface area contributed by atoms with Crippen LogP contribution in [0.5, 0.6) is 0 Å². The minimum atomic E-state index is -0.188. The summed E-state index contributed by atoms with van der Waals surface area (Å²) in [6.07, 6.45) is 2.67. The Kier molecular flexibility index (Phi) is 2.62. The first kappa shape index (κ1) is 10.1. The average Bonchev–Trinajstić information content (AvgIpc) is 2.94. The summed E-state index contributed by atoms with van der Waals surface area (Å²) in [5.41, 5.74) is 0.674. The van der Waals surface area contributed by atoms with Crippen molar-refractivity contribution < 1.29 is 9.50 Å². The average molecular weight is 259 g/mol. The van der Waals surface area contributed by atoms with Crippen LogP contribution in [0.4, 0.5) is 4.39 Å². The van der Waals surface area contributed by atoms with Crippen molar-refractivity contribution in [3.05, 3.63) is 34.1 Å². The molecule has 0 heterocycles. The third-order valence-corrected chi connectivity index (χ3v) is 3.50. The van der Waals surface area contributed by atoms with Crippen molar-refractivity contribution in [3.63, 3.8) is 0 Å². The van der Waals surface area contributed by atoms with Gasteiger partial charge in [-0.1, -0.05) is 12.1 Å². The molecular formula is C11H12BrFO. The number of aliphatic hydroxyl groups is 1. The summed E-state index contributed by atoms with van der Waals surface area (Å²) in [5, 5.41) is 9.14. The van der Waals surface area contributed by atoms with Crippen molar-refractivity contribution in [2.75, 3.05) is 6.61 Å². The summed E-state index contributed by atoms with van der Waals surface area (Å²) in [6.45, 7) is 0.166. The van der Waals surface area contributed by atoms with Gasteiger partial charge in [0.25, 0.3) is 0 Å². The molecule has 2 rings (SSSR count). The van der Waals surface area contributed by atoms with E-state index in [1.54, 1.807) is 12.1 Å². The number of hydrogen-bond acceptors (Lipinski definition) is 1. The fraction of sp³-hybridized carbons (Fsp3) is 0.455. The summed E-state index contributed by atoms with van der Waals surface area (Å²) in [6, 6.07) is 5.31. The van der Waals surface area contributed by atoms with E-state index in [9.17, 15) is 4.39 Å². The van der Waals surface area contributed by atoms with Gasteiger partial charge in [0.05, 0.1) is 4.47 Å². The Hall–Kier alpha value is -0.410. The maximum absolute atomic E-state index is 13.6. The van der Waals surface area contributed by atoms with Gasteiger partial charge in [-0.05, 0) is 52.2 Å². The summed E-state index contributed by atoms with van der Waals surface area (Å²) >= 11 is 3.16. The van der Waals surface area contributed by atoms with Crippen molar-refractivity contribution in [1.29, 1.82) is 0 Å². The molecule has 1 saturated carbocycles. The Morgan fingerprint density at radius 1 is 1.43 bits per heavy atom. The highest BCUT2D eigenvalue weighted by Gasteiger charge is 2.42. The summed E-state index contributed by atoms with van der Waals surface area (Å²) in [5.74, 6) is -0.188. The standard InChI is InChI=1S/C11H12BrFO/c12-9-3-1-2-8(10(9)13)6-11(7-14)4-5-11/h1-3,14H,4-7H2. The van der Waals surface area contributed by atoms with Crippen LogP contribution in [0.15, 0.2) is 22.7 Å². The molecule has 0 atom stereocenters. The highest BCUT2D eigenvalue weighted by Crippen LogP contribution is 2.48. The van der Waals surface area contributed by atoms with Crippen molar-refractivity contribution in [3.8, 4) is 0 Å². The lowest BCUT2D eigenvalue weighted by Gasteiger charge is -2.12. The second kappa shape index (κ2) is 3.63. The van der Waals surface area contributed by atoms with Gasteiger partial charge < -0.3 is 5.11 Å². The molecule has 0 aromatic heterocycles. The molecule has 14 heavy (non-hydrogen) atoms. The fourth-order valence-corrected chi connectivity index (χ4v) is 2.06. The van der Waals surface area contributed by atoms with E-state index >= 15 is 0 Å². The third kappa shape index (κ3) is 1.84. The molecule has 3 heteroatoms. The number of hydrogen-bond donors (Lipinski definition) is 1. The minimum absolute atomic E-state index is 0.0262. The van der Waals surface area contributed by atoms with E-state index in [1.165, 1.54) is 0 Å². The van der Waals surface area contributed by atoms with Crippen molar-refractivity contribution >= 4 is 15.9 Å². The predicted octanol–water partition coefficient (Wildman–Crippen LogP) is 2.90. The molecule has 0 aliphatic heterocycles. The molecule has 0 radical (unpaired) electrons. The van der Waals surface area contributed by atoms with Crippen LogP contribution < -0.4 is 0 Å². The van der Waals surface area contributed by atoms with E-state index in [0.717, 1.165) is 12.8 Å². The molecule has 0 amide bonds. The summed E-state index contributed by atoms with van der Waals surface area (Å²) in [7, 11) is 0. The zero-order chi connectivity index (χ0) is 10.2. The molecular weight excluding hydrogens is 247 g/mol. The maximum atomic E-state index is 13.6. The van der Waals surface area contributed by atoms with Crippen LogP contribution in [0.1, 0.15) is 18.4 Å². The van der Waals surface area contributed by atoms with Crippen molar-refractivity contribution in [2.45, 2.75) is 19.3 Å². The summed E-state index contributed by atoms with van der Waals surface area (Å²) < 4.78 is 14.1. The van der Waals surface area contributed by atoms with E-state index in [2.05, 4.69) is 15.9 Å². The molecule has 1 aliphatic rings. The van der Waals surface area contributed by atoms with Gasteiger partial charge in [-0.2, -0.15) is 0 Å². The molecule has 1 fully saturated rings. The molecule has 1 aromatic carbocycles. The Morgan fingerprint density at radius 3 is 2.71 bits per heavy atom. The fourth-order valence-electron chi connectivity index (χ4n) is 1.66. The molecule has 1 nitrogen and oxygen atoms in total. The lowest BCUT2D eigenvalue weighted by Crippen LogP contribution is -2.11. The quantitative estimate of drug-likeness (QED) is 0.884. The van der Waals surface area contributed by atoms with Gasteiger partial charge in [0.1, 0.15) is 5.82 Å². The second-order valence-electron chi connectivity index (χ2n) is 4.05. The van der Waals surface area contributed by atoms with Crippen LogP contribution in [-0.2, 0) is 6.42 Å². The zero-order valence-corrected chi connectivity index (χ0v) is 9.35. The van der Waals surface area contributed by atoms with Crippen LogP contribution >= 0.6 is 15.9 Å². The Labute approximate surface area is 91.1 Å². The van der Waals surface area contributed by atoms with Gasteiger partial charge in [0.2, 0.25) is 0 Å². The summed E-state index contributed by atoms with van der Waals surface area (Å²) in [4.78, 5) is 0. The normalized spacial score (nSPS) is 18.2. The number of rotatable bonds is 3. The molecule has 0 unspecified atom stereocenters. The Morgan fingerprint density at radius 2 is 2.14 bits per heavy atom. The van der Waals surface area contributed by atoms with Crippen LogP contribution in [0, 0.1) is 11.2 Å². The SMILES string of the molecule is OCC1(Cc2cccc(Br)c2F)CC1. The highest BCUT2D eigenvalue weighted by atomic mass is 79.9. The van der Waals surface area contributed by atoms with Gasteiger partial charge in [0.15, 0.2) is 0 Å². The minimum Gasteiger partial charge on any atom is -0.396 e. The molecule has 1 aliphatic carbocycles. The third-order valence-electron chi connectivity index (χ3n) is 2.89. The van der Waals surface area contributed by atoms with E-state index in [-0.39, 0.29) is 17.8 Å². The van der Waals surface area contributed by atoms with E-state index < -0.39 is 0 Å². The molecule has 1 aromatic rings. The van der Waals surface area contributed by atoms with E-state index in [4.69, 9.17) is 5.11 Å². The smallest absolute Gasteiger partial charge is 0.140 e. The Bertz CT molecular complexity index is 347. The monoisotopic (exact) mass is 258 g/mol. The molecule has 1 N–H and O–H groups in total. The predicted molar refractivity (Wildman–Crippen MR) is 56.6 cm³/mol. The number of aliphatic hydroxyl groups excluding tert-OH is 1. The molecule has 76 valence electrons. The lowest BCUT2D eigenvalue weighted by atomic mass is 9.97. The molecule has 0 saturated heterocycles. The number of benzene rings is 1. The van der Waals surface area contributed by atoms with Gasteiger partial charge in [-0.25, -0.2) is 4.39 Å². The Balaban J connectivity index is 2.21. The maximum Gasteiger partial charge on any atom is 0.140 e. The van der Waals surface area contributed by atoms with Crippen LogP contribution in [-0.4, -0.2) is 11.7 Å². The van der Waals surface area contributed by atoms with Crippen LogP contribution in [0.25, 0.3) is 0 Å². The molecule has 0 spiro atoms. The first-order valence-electron chi connectivity index (χ1n) is 4.71. The lowest BCUT2D eigenvalue weighted by molar-refractivity contribution is 0.210. The first-order valence-corrected chi connectivity index (χ1v) is 5.50. The van der Waals surface area contributed by atoms with Crippen molar-refractivity contribution in [2.24, 2.45) is 5.41 Å².